The molecule has 0 aliphatic rings. The summed E-state index contributed by atoms with van der Waals surface area (Å²) < 4.78 is 0. The monoisotopic (exact) mass is 734 g/mol. The summed E-state index contributed by atoms with van der Waals surface area (Å²) in [6, 6.07) is 58.0. The Hall–Kier alpha value is -5.94. The Kier molecular flexibility index (Phi) is 12.1. The molecule has 0 amide bonds. The van der Waals surface area contributed by atoms with Crippen LogP contribution < -0.4 is 21.3 Å². The maximum atomic E-state index is 5.78. The first-order valence-corrected chi connectivity index (χ1v) is 19.9. The van der Waals surface area contributed by atoms with Crippen LogP contribution in [-0.2, 0) is 12.8 Å². The average molecular weight is 735 g/mol. The van der Waals surface area contributed by atoms with E-state index in [1.54, 1.807) is 0 Å². The van der Waals surface area contributed by atoms with Crippen molar-refractivity contribution in [2.45, 2.75) is 53.4 Å². The lowest BCUT2D eigenvalue weighted by atomic mass is 9.99. The van der Waals surface area contributed by atoms with Crippen LogP contribution in [-0.4, -0.2) is 13.1 Å². The molecule has 0 atom stereocenters. The first-order valence-electron chi connectivity index (χ1n) is 19.9. The van der Waals surface area contributed by atoms with Crippen LogP contribution in [0.15, 0.2) is 158 Å². The van der Waals surface area contributed by atoms with Crippen LogP contribution in [0, 0.1) is 27.7 Å². The van der Waals surface area contributed by atoms with Crippen molar-refractivity contribution in [1.82, 2.24) is 0 Å². The summed E-state index contributed by atoms with van der Waals surface area (Å²) in [4.78, 5) is 4.69. The number of anilines is 6. The van der Waals surface area contributed by atoms with E-state index in [0.717, 1.165) is 59.8 Å². The largest absolute Gasteiger partial charge is 0.330 e. The minimum atomic E-state index is 0.707. The second-order valence-electron chi connectivity index (χ2n) is 15.0. The Morgan fingerprint density at radius 2 is 0.589 bits per heavy atom. The molecule has 0 aliphatic heterocycles. The van der Waals surface area contributed by atoms with Gasteiger partial charge in [-0.2, -0.15) is 0 Å². The number of nitrogens with two attached hydrogens (primary N) is 2. The zero-order valence-corrected chi connectivity index (χ0v) is 33.3. The quantitative estimate of drug-likeness (QED) is 0.117. The van der Waals surface area contributed by atoms with Crippen LogP contribution in [0.4, 0.5) is 34.1 Å². The fourth-order valence-corrected chi connectivity index (χ4v) is 7.32. The highest BCUT2D eigenvalue weighted by Crippen LogP contribution is 2.39. The summed E-state index contributed by atoms with van der Waals surface area (Å²) in [7, 11) is 0. The molecule has 282 valence electrons. The van der Waals surface area contributed by atoms with Crippen molar-refractivity contribution in [3.8, 4) is 22.3 Å². The van der Waals surface area contributed by atoms with Gasteiger partial charge in [0.2, 0.25) is 0 Å². The predicted molar refractivity (Wildman–Crippen MR) is 240 cm³/mol. The molecule has 7 aromatic rings. The molecule has 0 aliphatic carbocycles. The summed E-state index contributed by atoms with van der Waals surface area (Å²) in [5, 5.41) is 0. The number of nitrogens with zero attached hydrogens (tertiary/aromatic N) is 2. The summed E-state index contributed by atoms with van der Waals surface area (Å²) in [5.74, 6) is 0. The second kappa shape index (κ2) is 17.7. The van der Waals surface area contributed by atoms with Crippen LogP contribution in [0.1, 0.15) is 46.2 Å². The molecule has 4 heteroatoms. The molecule has 56 heavy (non-hydrogen) atoms. The Morgan fingerprint density at radius 1 is 0.321 bits per heavy atom. The van der Waals surface area contributed by atoms with Gasteiger partial charge >= 0.3 is 0 Å². The first-order chi connectivity index (χ1) is 27.3. The van der Waals surface area contributed by atoms with E-state index in [-0.39, 0.29) is 0 Å². The Labute approximate surface area is 334 Å². The fourth-order valence-electron chi connectivity index (χ4n) is 7.32. The Balaban J connectivity index is 1.12. The summed E-state index contributed by atoms with van der Waals surface area (Å²) in [6.07, 6.45) is 3.98. The number of hydrogen-bond acceptors (Lipinski definition) is 4. The molecule has 4 N–H and O–H groups in total. The van der Waals surface area contributed by atoms with E-state index < -0.39 is 0 Å². The van der Waals surface area contributed by atoms with Gasteiger partial charge in [0.15, 0.2) is 0 Å². The van der Waals surface area contributed by atoms with Crippen molar-refractivity contribution in [2.24, 2.45) is 11.5 Å². The highest BCUT2D eigenvalue weighted by Gasteiger charge is 2.16. The van der Waals surface area contributed by atoms with E-state index in [1.807, 2.05) is 0 Å². The van der Waals surface area contributed by atoms with E-state index in [2.05, 4.69) is 195 Å². The van der Waals surface area contributed by atoms with Gasteiger partial charge in [-0.3, -0.25) is 0 Å². The van der Waals surface area contributed by atoms with Crippen molar-refractivity contribution in [2.75, 3.05) is 22.9 Å². The van der Waals surface area contributed by atoms with Crippen LogP contribution in [0.5, 0.6) is 0 Å². The molecule has 0 fully saturated rings. The number of rotatable bonds is 14. The van der Waals surface area contributed by atoms with Gasteiger partial charge in [0.05, 0.1) is 0 Å². The van der Waals surface area contributed by atoms with E-state index in [0.29, 0.717) is 13.1 Å². The molecule has 7 rings (SSSR count). The maximum absolute atomic E-state index is 5.78. The third-order valence-electron chi connectivity index (χ3n) is 11.0. The summed E-state index contributed by atoms with van der Waals surface area (Å²) in [5.41, 5.74) is 30.9. The SMILES string of the molecule is Cc1ccc(N(c2ccc(CCCN)cc2)c2ccc(-c3ccc(-c4ccc(N(c5ccc(CCCN)cc5)c5ccc(C)c(C)c5)cc4)cc3)cc2)cc1C. The molecule has 0 aromatic heterocycles. The van der Waals surface area contributed by atoms with E-state index >= 15 is 0 Å². The maximum Gasteiger partial charge on any atom is 0.0464 e. The second-order valence-corrected chi connectivity index (χ2v) is 15.0. The Bertz CT molecular complexity index is 2170. The highest BCUT2D eigenvalue weighted by molar-refractivity contribution is 5.81. The molecular formula is C52H54N4. The fraction of sp³-hybridized carbons (Fsp3) is 0.192. The van der Waals surface area contributed by atoms with Gasteiger partial charge in [-0.25, -0.2) is 0 Å². The third kappa shape index (κ3) is 8.79. The molecular weight excluding hydrogens is 681 g/mol. The van der Waals surface area contributed by atoms with E-state index in [9.17, 15) is 0 Å². The molecule has 0 radical (unpaired) electrons. The topological polar surface area (TPSA) is 58.5 Å². The first kappa shape index (κ1) is 38.3. The van der Waals surface area contributed by atoms with Crippen molar-refractivity contribution in [3.63, 3.8) is 0 Å². The molecule has 0 unspecified atom stereocenters. The molecule has 0 spiro atoms. The van der Waals surface area contributed by atoms with Gasteiger partial charge in [0.1, 0.15) is 0 Å². The molecule has 7 aromatic carbocycles. The van der Waals surface area contributed by atoms with Crippen molar-refractivity contribution in [1.29, 1.82) is 0 Å². The van der Waals surface area contributed by atoms with Gasteiger partial charge < -0.3 is 21.3 Å². The number of hydrogen-bond donors (Lipinski definition) is 2. The smallest absolute Gasteiger partial charge is 0.0464 e. The highest BCUT2D eigenvalue weighted by atomic mass is 15.1. The number of benzene rings is 7. The lowest BCUT2D eigenvalue weighted by Gasteiger charge is -2.26. The minimum Gasteiger partial charge on any atom is -0.330 e. The minimum absolute atomic E-state index is 0.707. The summed E-state index contributed by atoms with van der Waals surface area (Å²) in [6.45, 7) is 10.1. The third-order valence-corrected chi connectivity index (χ3v) is 11.0. The molecule has 0 saturated heterocycles. The zero-order valence-electron chi connectivity index (χ0n) is 33.3. The molecule has 0 heterocycles. The van der Waals surface area contributed by atoms with Gasteiger partial charge in [-0.15, -0.1) is 0 Å². The van der Waals surface area contributed by atoms with Crippen molar-refractivity contribution < 1.29 is 0 Å². The zero-order chi connectivity index (χ0) is 39.0. The molecule has 0 saturated carbocycles. The van der Waals surface area contributed by atoms with Crippen molar-refractivity contribution in [3.05, 3.63) is 191 Å². The van der Waals surface area contributed by atoms with Gasteiger partial charge in [-0.05, 0) is 195 Å². The van der Waals surface area contributed by atoms with E-state index in [4.69, 9.17) is 11.5 Å². The molecule has 0 bridgehead atoms. The van der Waals surface area contributed by atoms with Crippen LogP contribution in [0.2, 0.25) is 0 Å². The lowest BCUT2D eigenvalue weighted by molar-refractivity contribution is 0.832. The predicted octanol–water partition coefficient (Wildman–Crippen LogP) is 13.0. The number of aryl methyl sites for hydroxylation is 6. The average Bonchev–Trinajstić information content (AvgIpc) is 3.23. The molecule has 4 nitrogen and oxygen atoms in total. The Morgan fingerprint density at radius 3 is 0.875 bits per heavy atom. The van der Waals surface area contributed by atoms with Gasteiger partial charge in [0, 0.05) is 34.1 Å². The van der Waals surface area contributed by atoms with Crippen LogP contribution >= 0.6 is 0 Å². The van der Waals surface area contributed by atoms with Crippen molar-refractivity contribution >= 4 is 34.1 Å². The standard InChI is InChI=1S/C52H54N4/c1-37-9-23-51(35-39(37)3)55(47-25-11-41(12-26-47)7-5-33-53)49-29-19-45(20-30-49)43-15-17-44(18-16-43)46-21-31-50(32-22-46)56(52-24-10-38(2)40(4)36-52)48-27-13-42(14-28-48)8-6-34-54/h9-32,35-36H,5-8,33-34,53-54H2,1-4H3. The lowest BCUT2D eigenvalue weighted by Crippen LogP contribution is -2.10. The summed E-state index contributed by atoms with van der Waals surface area (Å²) >= 11 is 0. The van der Waals surface area contributed by atoms with E-state index in [1.165, 1.54) is 55.6 Å². The van der Waals surface area contributed by atoms with Gasteiger partial charge in [0.25, 0.3) is 0 Å². The van der Waals surface area contributed by atoms with Crippen LogP contribution in [0.25, 0.3) is 22.3 Å². The normalized spacial score (nSPS) is 11.1. The van der Waals surface area contributed by atoms with Gasteiger partial charge in [-0.1, -0.05) is 84.9 Å². The van der Waals surface area contributed by atoms with Crippen LogP contribution in [0.3, 0.4) is 0 Å².